The molecule has 0 aliphatic rings. The molecule has 0 aliphatic heterocycles. The fraction of sp³-hybridized carbons (Fsp3) is 0.500. The lowest BCUT2D eigenvalue weighted by Crippen LogP contribution is -2.15. The van der Waals surface area contributed by atoms with Gasteiger partial charge in [-0.05, 0) is 31.4 Å². The van der Waals surface area contributed by atoms with E-state index in [4.69, 9.17) is 14.7 Å². The fourth-order valence-electron chi connectivity index (χ4n) is 1.75. The van der Waals surface area contributed by atoms with Gasteiger partial charge in [0.15, 0.2) is 0 Å². The normalized spacial score (nSPS) is 12.0. The van der Waals surface area contributed by atoms with Crippen molar-refractivity contribution >= 4 is 0 Å². The summed E-state index contributed by atoms with van der Waals surface area (Å²) in [7, 11) is 1.60. The molecule has 0 bridgehead atoms. The first-order valence-electron chi connectivity index (χ1n) is 5.81. The lowest BCUT2D eigenvalue weighted by atomic mass is 10.1. The molecule has 3 nitrogen and oxygen atoms in total. The standard InChI is InChI=1S/C14H19NO2/c1-10(2)7-11(3)17-14-8-13(16-4)6-5-12(14)9-15/h5-6,8,10-11H,7H2,1-4H3. The average Bonchev–Trinajstić information content (AvgIpc) is 2.27. The Morgan fingerprint density at radius 1 is 1.29 bits per heavy atom. The smallest absolute Gasteiger partial charge is 0.141 e. The Morgan fingerprint density at radius 2 is 2.00 bits per heavy atom. The Morgan fingerprint density at radius 3 is 2.53 bits per heavy atom. The van der Waals surface area contributed by atoms with E-state index in [1.807, 2.05) is 6.92 Å². The summed E-state index contributed by atoms with van der Waals surface area (Å²) in [5.74, 6) is 1.87. The highest BCUT2D eigenvalue weighted by Gasteiger charge is 2.11. The topological polar surface area (TPSA) is 42.2 Å². The molecule has 0 fully saturated rings. The first-order valence-corrected chi connectivity index (χ1v) is 5.81. The van der Waals surface area contributed by atoms with Gasteiger partial charge in [-0.2, -0.15) is 5.26 Å². The Bertz CT molecular complexity index is 407. The van der Waals surface area contributed by atoms with Crippen molar-refractivity contribution in [2.75, 3.05) is 7.11 Å². The summed E-state index contributed by atoms with van der Waals surface area (Å²) in [5, 5.41) is 9.01. The Balaban J connectivity index is 2.84. The molecular weight excluding hydrogens is 214 g/mol. The van der Waals surface area contributed by atoms with Gasteiger partial charge in [-0.3, -0.25) is 0 Å². The summed E-state index contributed by atoms with van der Waals surface area (Å²) in [6.45, 7) is 6.31. The van der Waals surface area contributed by atoms with E-state index in [0.717, 1.165) is 6.42 Å². The van der Waals surface area contributed by atoms with Crippen molar-refractivity contribution in [2.45, 2.75) is 33.3 Å². The maximum atomic E-state index is 9.01. The molecule has 0 saturated heterocycles. The molecule has 0 saturated carbocycles. The minimum absolute atomic E-state index is 0.0919. The highest BCUT2D eigenvalue weighted by molar-refractivity contribution is 5.47. The van der Waals surface area contributed by atoms with E-state index in [0.29, 0.717) is 23.0 Å². The summed E-state index contributed by atoms with van der Waals surface area (Å²) in [6.07, 6.45) is 1.05. The van der Waals surface area contributed by atoms with Crippen LogP contribution >= 0.6 is 0 Å². The van der Waals surface area contributed by atoms with Crippen LogP contribution in [0.25, 0.3) is 0 Å². The molecule has 0 radical (unpaired) electrons. The van der Waals surface area contributed by atoms with Gasteiger partial charge in [-0.15, -0.1) is 0 Å². The Labute approximate surface area is 103 Å². The number of hydrogen-bond donors (Lipinski definition) is 0. The molecule has 3 heteroatoms. The molecule has 92 valence electrons. The van der Waals surface area contributed by atoms with Crippen LogP contribution in [-0.2, 0) is 0 Å². The summed E-state index contributed by atoms with van der Waals surface area (Å²) in [4.78, 5) is 0. The number of methoxy groups -OCH3 is 1. The van der Waals surface area contributed by atoms with Crippen molar-refractivity contribution in [3.63, 3.8) is 0 Å². The second-order valence-corrected chi connectivity index (χ2v) is 4.53. The first-order chi connectivity index (χ1) is 8.06. The van der Waals surface area contributed by atoms with Crippen molar-refractivity contribution in [2.24, 2.45) is 5.92 Å². The first kappa shape index (κ1) is 13.4. The molecule has 0 aliphatic carbocycles. The van der Waals surface area contributed by atoms with Gasteiger partial charge in [0.2, 0.25) is 0 Å². The van der Waals surface area contributed by atoms with Crippen molar-refractivity contribution in [1.82, 2.24) is 0 Å². The molecule has 0 aromatic heterocycles. The SMILES string of the molecule is COc1ccc(C#N)c(OC(C)CC(C)C)c1. The van der Waals surface area contributed by atoms with E-state index in [1.165, 1.54) is 0 Å². The van der Waals surface area contributed by atoms with Crippen molar-refractivity contribution in [3.8, 4) is 17.6 Å². The maximum Gasteiger partial charge on any atom is 0.141 e. The van der Waals surface area contributed by atoms with Crippen LogP contribution < -0.4 is 9.47 Å². The average molecular weight is 233 g/mol. The zero-order valence-electron chi connectivity index (χ0n) is 10.9. The molecule has 1 aromatic carbocycles. The van der Waals surface area contributed by atoms with Crippen molar-refractivity contribution < 1.29 is 9.47 Å². The van der Waals surface area contributed by atoms with Crippen LogP contribution in [0.1, 0.15) is 32.8 Å². The van der Waals surface area contributed by atoms with E-state index >= 15 is 0 Å². The number of hydrogen-bond acceptors (Lipinski definition) is 3. The van der Waals surface area contributed by atoms with E-state index in [1.54, 1.807) is 25.3 Å². The van der Waals surface area contributed by atoms with E-state index in [9.17, 15) is 0 Å². The highest BCUT2D eigenvalue weighted by atomic mass is 16.5. The highest BCUT2D eigenvalue weighted by Crippen LogP contribution is 2.26. The molecule has 1 rings (SSSR count). The molecule has 0 N–H and O–H groups in total. The monoisotopic (exact) mass is 233 g/mol. The lowest BCUT2D eigenvalue weighted by molar-refractivity contribution is 0.192. The Kier molecular flexibility index (Phi) is 4.84. The van der Waals surface area contributed by atoms with Crippen LogP contribution in [0.15, 0.2) is 18.2 Å². The van der Waals surface area contributed by atoms with E-state index < -0.39 is 0 Å². The largest absolute Gasteiger partial charge is 0.497 e. The van der Waals surface area contributed by atoms with E-state index in [-0.39, 0.29) is 6.10 Å². The van der Waals surface area contributed by atoms with Crippen LogP contribution in [0.4, 0.5) is 0 Å². The quantitative estimate of drug-likeness (QED) is 0.783. The predicted molar refractivity (Wildman–Crippen MR) is 67.3 cm³/mol. The van der Waals surface area contributed by atoms with Crippen molar-refractivity contribution in [3.05, 3.63) is 23.8 Å². The third-order valence-corrected chi connectivity index (χ3v) is 2.44. The van der Waals surface area contributed by atoms with Gasteiger partial charge in [-0.1, -0.05) is 13.8 Å². The molecule has 0 spiro atoms. The van der Waals surface area contributed by atoms with Gasteiger partial charge in [0.1, 0.15) is 17.6 Å². The zero-order chi connectivity index (χ0) is 12.8. The zero-order valence-corrected chi connectivity index (χ0v) is 10.9. The second kappa shape index (κ2) is 6.15. The molecule has 0 amide bonds. The summed E-state index contributed by atoms with van der Waals surface area (Å²) < 4.78 is 10.9. The number of nitriles is 1. The van der Waals surface area contributed by atoms with Gasteiger partial charge in [0.25, 0.3) is 0 Å². The third kappa shape index (κ3) is 3.99. The second-order valence-electron chi connectivity index (χ2n) is 4.53. The number of rotatable bonds is 5. The van der Waals surface area contributed by atoms with Gasteiger partial charge in [0, 0.05) is 6.07 Å². The molecule has 1 unspecified atom stereocenters. The molecule has 0 heterocycles. The summed E-state index contributed by atoms with van der Waals surface area (Å²) >= 11 is 0. The van der Waals surface area contributed by atoms with Crippen LogP contribution in [0.3, 0.4) is 0 Å². The molecular formula is C14H19NO2. The minimum atomic E-state index is 0.0919. The van der Waals surface area contributed by atoms with Crippen LogP contribution in [0.5, 0.6) is 11.5 Å². The third-order valence-electron chi connectivity index (χ3n) is 2.44. The van der Waals surface area contributed by atoms with Crippen molar-refractivity contribution in [1.29, 1.82) is 5.26 Å². The summed E-state index contributed by atoms with van der Waals surface area (Å²) in [5.41, 5.74) is 0.543. The lowest BCUT2D eigenvalue weighted by Gasteiger charge is -2.17. The minimum Gasteiger partial charge on any atom is -0.497 e. The van der Waals surface area contributed by atoms with E-state index in [2.05, 4.69) is 19.9 Å². The molecule has 17 heavy (non-hydrogen) atoms. The van der Waals surface area contributed by atoms with Gasteiger partial charge < -0.3 is 9.47 Å². The van der Waals surface area contributed by atoms with Crippen LogP contribution in [0.2, 0.25) is 0 Å². The van der Waals surface area contributed by atoms with Gasteiger partial charge in [0.05, 0.1) is 18.8 Å². The van der Waals surface area contributed by atoms with Gasteiger partial charge >= 0.3 is 0 Å². The number of nitrogens with zero attached hydrogens (tertiary/aromatic N) is 1. The van der Waals surface area contributed by atoms with Crippen LogP contribution in [-0.4, -0.2) is 13.2 Å². The van der Waals surface area contributed by atoms with Crippen LogP contribution in [0, 0.1) is 17.2 Å². The number of benzene rings is 1. The molecule has 1 atom stereocenters. The molecule has 1 aromatic rings. The van der Waals surface area contributed by atoms with Gasteiger partial charge in [-0.25, -0.2) is 0 Å². The Hall–Kier alpha value is -1.69. The number of ether oxygens (including phenoxy) is 2. The summed E-state index contributed by atoms with van der Waals surface area (Å²) in [6, 6.07) is 7.37. The fourth-order valence-corrected chi connectivity index (χ4v) is 1.75. The predicted octanol–water partition coefficient (Wildman–Crippen LogP) is 3.38. The maximum absolute atomic E-state index is 9.01.